The molecule has 0 fully saturated rings. The standard InChI is InChI=1S/C39H39N3.2ClH.Fe/c1-26(2)32-20-13-21-33(27(3)4)38(32)40-28(5)36-24-15-25-37(42-36)29(6)41-39-34(30-16-9-7-10-17-30)22-14-23-35(39)31-18-11-8-12-19-31;;;/h7-27H,1-6H3;2*1H;/q;;;+2/p-2. The second-order valence-electron chi connectivity index (χ2n) is 11.4. The van der Waals surface area contributed by atoms with Crippen LogP contribution in [0.5, 0.6) is 0 Å². The van der Waals surface area contributed by atoms with Crippen molar-refractivity contribution < 1.29 is 13.1 Å². The van der Waals surface area contributed by atoms with Gasteiger partial charge in [-0.05, 0) is 60.1 Å². The zero-order valence-corrected chi connectivity index (χ0v) is 29.2. The van der Waals surface area contributed by atoms with Crippen molar-refractivity contribution >= 4 is 43.0 Å². The van der Waals surface area contributed by atoms with Crippen LogP contribution in [0.2, 0.25) is 0 Å². The van der Waals surface area contributed by atoms with E-state index in [-0.39, 0.29) is 13.1 Å². The molecule has 0 saturated heterocycles. The molecule has 5 aromatic rings. The maximum atomic E-state index is 5.26. The molecule has 45 heavy (non-hydrogen) atoms. The molecule has 0 atom stereocenters. The maximum absolute atomic E-state index is 5.26. The first kappa shape index (κ1) is 34.3. The molecule has 6 heteroatoms. The molecule has 0 radical (unpaired) electrons. The van der Waals surface area contributed by atoms with E-state index in [0.717, 1.165) is 56.4 Å². The van der Waals surface area contributed by atoms with Crippen LogP contribution in [0.25, 0.3) is 22.3 Å². The van der Waals surface area contributed by atoms with Gasteiger partial charge in [-0.25, -0.2) is 4.98 Å². The monoisotopic (exact) mass is 675 g/mol. The van der Waals surface area contributed by atoms with Gasteiger partial charge in [0, 0.05) is 11.1 Å². The number of halogens is 2. The summed E-state index contributed by atoms with van der Waals surface area (Å²) in [7, 11) is 9.53. The molecule has 3 nitrogen and oxygen atoms in total. The zero-order valence-electron chi connectivity index (χ0n) is 26.6. The SMILES string of the molecule is CC(=Nc1c(-c2ccccc2)cccc1-c1ccccc1)c1cccc(C(C)=Nc2c(C(C)C)cccc2C(C)C)n1.[Cl][Fe][Cl]. The van der Waals surface area contributed by atoms with Gasteiger partial charge in [0.15, 0.2) is 0 Å². The van der Waals surface area contributed by atoms with Gasteiger partial charge >= 0.3 is 33.3 Å². The molecule has 232 valence electrons. The second kappa shape index (κ2) is 16.7. The number of hydrogen-bond donors (Lipinski definition) is 0. The fourth-order valence-electron chi connectivity index (χ4n) is 5.29. The Bertz CT molecular complexity index is 1680. The van der Waals surface area contributed by atoms with Gasteiger partial charge in [-0.3, -0.25) is 9.98 Å². The van der Waals surface area contributed by atoms with Crippen molar-refractivity contribution in [2.45, 2.75) is 53.4 Å². The second-order valence-corrected chi connectivity index (χ2v) is 13.2. The number of para-hydroxylation sites is 2. The van der Waals surface area contributed by atoms with Gasteiger partial charge in [-0.15, -0.1) is 0 Å². The van der Waals surface area contributed by atoms with Crippen LogP contribution in [0.3, 0.4) is 0 Å². The first-order valence-corrected chi connectivity index (χ1v) is 18.1. The summed E-state index contributed by atoms with van der Waals surface area (Å²) in [6, 6.07) is 40.0. The number of nitrogens with zero attached hydrogens (tertiary/aromatic N) is 3. The Morgan fingerprint density at radius 2 is 0.911 bits per heavy atom. The average Bonchev–Trinajstić information content (AvgIpc) is 3.06. The van der Waals surface area contributed by atoms with Crippen molar-refractivity contribution in [2.24, 2.45) is 9.98 Å². The number of hydrogen-bond acceptors (Lipinski definition) is 3. The summed E-state index contributed by atoms with van der Waals surface area (Å²) >= 11 is 0.194. The van der Waals surface area contributed by atoms with Crippen molar-refractivity contribution in [3.05, 3.63) is 138 Å². The predicted molar refractivity (Wildman–Crippen MR) is 192 cm³/mol. The van der Waals surface area contributed by atoms with Crippen LogP contribution < -0.4 is 0 Å². The van der Waals surface area contributed by atoms with Gasteiger partial charge in [0.25, 0.3) is 0 Å². The third kappa shape index (κ3) is 8.81. The van der Waals surface area contributed by atoms with Crippen LogP contribution in [0, 0.1) is 0 Å². The van der Waals surface area contributed by atoms with Gasteiger partial charge in [0.05, 0.1) is 34.2 Å². The van der Waals surface area contributed by atoms with E-state index in [2.05, 4.69) is 126 Å². The van der Waals surface area contributed by atoms with Crippen molar-refractivity contribution in [1.82, 2.24) is 4.98 Å². The zero-order chi connectivity index (χ0) is 32.3. The number of aromatic nitrogens is 1. The van der Waals surface area contributed by atoms with Gasteiger partial charge in [0.1, 0.15) is 0 Å². The summed E-state index contributed by atoms with van der Waals surface area (Å²) in [6.45, 7) is 13.0. The Morgan fingerprint density at radius 3 is 1.33 bits per heavy atom. The van der Waals surface area contributed by atoms with E-state index in [1.165, 1.54) is 11.1 Å². The number of pyridine rings is 1. The Kier molecular flexibility index (Phi) is 12.7. The van der Waals surface area contributed by atoms with Crippen LogP contribution in [-0.2, 0) is 13.1 Å². The molecule has 1 aromatic heterocycles. The fourth-order valence-corrected chi connectivity index (χ4v) is 5.29. The molecule has 5 rings (SSSR count). The molecule has 0 N–H and O–H groups in total. The Labute approximate surface area is 283 Å². The molecule has 4 aromatic carbocycles. The molecule has 0 unspecified atom stereocenters. The van der Waals surface area contributed by atoms with Crippen LogP contribution >= 0.6 is 20.2 Å². The molecule has 0 aliphatic heterocycles. The summed E-state index contributed by atoms with van der Waals surface area (Å²) in [6.07, 6.45) is 0. The first-order valence-electron chi connectivity index (χ1n) is 15.0. The van der Waals surface area contributed by atoms with Crippen molar-refractivity contribution in [2.75, 3.05) is 0 Å². The topological polar surface area (TPSA) is 37.6 Å². The van der Waals surface area contributed by atoms with Gasteiger partial charge in [-0.2, -0.15) is 0 Å². The van der Waals surface area contributed by atoms with Gasteiger partial charge in [0.2, 0.25) is 0 Å². The minimum absolute atomic E-state index is 0.194. The van der Waals surface area contributed by atoms with Crippen LogP contribution in [0.1, 0.15) is 75.9 Å². The minimum atomic E-state index is 0.194. The van der Waals surface area contributed by atoms with Crippen molar-refractivity contribution in [3.63, 3.8) is 0 Å². The first-order chi connectivity index (χ1) is 21.7. The van der Waals surface area contributed by atoms with Crippen LogP contribution in [0.4, 0.5) is 11.4 Å². The van der Waals surface area contributed by atoms with E-state index >= 15 is 0 Å². The molecular weight excluding hydrogens is 637 g/mol. The number of benzene rings is 4. The normalized spacial score (nSPS) is 12.0. The van der Waals surface area contributed by atoms with E-state index < -0.39 is 0 Å². The average molecular weight is 677 g/mol. The van der Waals surface area contributed by atoms with E-state index in [9.17, 15) is 0 Å². The third-order valence-electron chi connectivity index (χ3n) is 7.60. The summed E-state index contributed by atoms with van der Waals surface area (Å²) < 4.78 is 0. The number of rotatable bonds is 8. The molecule has 0 aliphatic carbocycles. The molecule has 1 heterocycles. The van der Waals surface area contributed by atoms with Crippen LogP contribution in [-0.4, -0.2) is 16.4 Å². The molecule has 0 amide bonds. The van der Waals surface area contributed by atoms with Gasteiger partial charge < -0.3 is 0 Å². The molecule has 0 aliphatic rings. The molecule has 0 spiro atoms. The van der Waals surface area contributed by atoms with Crippen molar-refractivity contribution in [3.8, 4) is 22.3 Å². The van der Waals surface area contributed by atoms with E-state index in [4.69, 9.17) is 35.2 Å². The summed E-state index contributed by atoms with van der Waals surface area (Å²) in [5, 5.41) is 0. The summed E-state index contributed by atoms with van der Waals surface area (Å²) in [5.41, 5.74) is 12.5. The third-order valence-corrected chi connectivity index (χ3v) is 7.60. The van der Waals surface area contributed by atoms with E-state index in [1.54, 1.807) is 0 Å². The Hall–Kier alpha value is -3.53. The van der Waals surface area contributed by atoms with E-state index in [1.807, 2.05) is 31.2 Å². The van der Waals surface area contributed by atoms with E-state index in [0.29, 0.717) is 11.8 Å². The number of aliphatic imine (C=N–C) groups is 2. The Balaban J connectivity index is 0.00000148. The molecule has 0 saturated carbocycles. The Morgan fingerprint density at radius 1 is 0.533 bits per heavy atom. The van der Waals surface area contributed by atoms with Gasteiger partial charge in [-0.1, -0.05) is 131 Å². The summed E-state index contributed by atoms with van der Waals surface area (Å²) in [4.78, 5) is 15.5. The van der Waals surface area contributed by atoms with Crippen molar-refractivity contribution in [1.29, 1.82) is 0 Å². The molecular formula is C39H39Cl2FeN3. The quantitative estimate of drug-likeness (QED) is 0.119. The fraction of sp³-hybridized carbons (Fsp3) is 0.205. The predicted octanol–water partition coefficient (Wildman–Crippen LogP) is 12.3. The summed E-state index contributed by atoms with van der Waals surface area (Å²) in [5.74, 6) is 0.764. The molecule has 0 bridgehead atoms. The van der Waals surface area contributed by atoms with Crippen LogP contribution in [0.15, 0.2) is 125 Å².